The van der Waals surface area contributed by atoms with Crippen LogP contribution in [0.4, 0.5) is 0 Å². The number of carbonyl (C=O) groups excluding carboxylic acids is 1. The normalized spacial score (nSPS) is 12.8. The summed E-state index contributed by atoms with van der Waals surface area (Å²) in [4.78, 5) is 11.9. The molecule has 0 aliphatic heterocycles. The summed E-state index contributed by atoms with van der Waals surface area (Å²) in [6.45, 7) is 5.88. The maximum absolute atomic E-state index is 12.1. The zero-order valence-corrected chi connectivity index (χ0v) is 14.5. The Morgan fingerprint density at radius 3 is 2.65 bits per heavy atom. The van der Waals surface area contributed by atoms with E-state index in [0.717, 1.165) is 12.0 Å². The predicted octanol–water partition coefficient (Wildman–Crippen LogP) is 2.90. The van der Waals surface area contributed by atoms with Gasteiger partial charge < -0.3 is 9.84 Å². The minimum atomic E-state index is -1.33. The number of carbonyl (C=O) groups is 1. The first-order chi connectivity index (χ1) is 10.9. The van der Waals surface area contributed by atoms with Crippen LogP contribution < -0.4 is 5.32 Å². The average molecular weight is 334 g/mol. The summed E-state index contributed by atoms with van der Waals surface area (Å²) in [6.07, 6.45) is 0.813. The molecule has 1 aromatic carbocycles. The molecule has 6 heteroatoms. The first kappa shape index (κ1) is 17.4. The molecule has 0 unspecified atom stereocenters. The van der Waals surface area contributed by atoms with Crippen molar-refractivity contribution in [3.63, 3.8) is 0 Å². The molecule has 1 heterocycles. The number of rotatable bonds is 7. The molecule has 0 saturated heterocycles. The fourth-order valence-electron chi connectivity index (χ4n) is 1.98. The third-order valence-electron chi connectivity index (χ3n) is 3.59. The van der Waals surface area contributed by atoms with Gasteiger partial charge in [0.15, 0.2) is 0 Å². The van der Waals surface area contributed by atoms with Gasteiger partial charge in [0.25, 0.3) is 0 Å². The van der Waals surface area contributed by atoms with Gasteiger partial charge in [0.2, 0.25) is 5.91 Å². The largest absolute Gasteiger partial charge is 0.360 e. The molecule has 2 aromatic rings. The van der Waals surface area contributed by atoms with Gasteiger partial charge in [-0.3, -0.25) is 9.00 Å². The Morgan fingerprint density at radius 1 is 1.30 bits per heavy atom. The fourth-order valence-corrected chi connectivity index (χ4v) is 2.90. The van der Waals surface area contributed by atoms with E-state index in [1.54, 1.807) is 6.07 Å². The Balaban J connectivity index is 1.91. The lowest BCUT2D eigenvalue weighted by Crippen LogP contribution is -2.44. The van der Waals surface area contributed by atoms with Crippen molar-refractivity contribution in [2.24, 2.45) is 0 Å². The molecule has 0 fully saturated rings. The fraction of sp³-hybridized carbons (Fsp3) is 0.412. The third kappa shape index (κ3) is 5.32. The molecular formula is C17H22N2O3S. The molecule has 0 bridgehead atoms. The third-order valence-corrected chi connectivity index (χ3v) is 4.78. The number of amides is 1. The van der Waals surface area contributed by atoms with Crippen molar-refractivity contribution in [1.29, 1.82) is 0 Å². The summed E-state index contributed by atoms with van der Waals surface area (Å²) < 4.78 is 17.3. The van der Waals surface area contributed by atoms with Crippen LogP contribution in [0.15, 0.2) is 40.9 Å². The van der Waals surface area contributed by atoms with Crippen molar-refractivity contribution in [2.75, 3.05) is 5.75 Å². The number of nitrogens with one attached hydrogen (secondary N) is 1. The van der Waals surface area contributed by atoms with Crippen LogP contribution in [0.3, 0.4) is 0 Å². The van der Waals surface area contributed by atoms with Gasteiger partial charge in [-0.15, -0.1) is 0 Å². The van der Waals surface area contributed by atoms with Crippen molar-refractivity contribution in [1.82, 2.24) is 10.5 Å². The maximum Gasteiger partial charge on any atom is 0.233 e. The Bertz CT molecular complexity index is 680. The van der Waals surface area contributed by atoms with Gasteiger partial charge in [-0.2, -0.15) is 0 Å². The zero-order valence-electron chi connectivity index (χ0n) is 13.7. The molecular weight excluding hydrogens is 312 g/mol. The monoisotopic (exact) mass is 334 g/mol. The van der Waals surface area contributed by atoms with Crippen molar-refractivity contribution in [3.8, 4) is 11.3 Å². The lowest BCUT2D eigenvalue weighted by Gasteiger charge is -2.24. The minimum absolute atomic E-state index is 0.0369. The topological polar surface area (TPSA) is 72.2 Å². The molecule has 0 aliphatic rings. The second-order valence-corrected chi connectivity index (χ2v) is 7.52. The zero-order chi connectivity index (χ0) is 16.9. The van der Waals surface area contributed by atoms with E-state index in [4.69, 9.17) is 4.52 Å². The van der Waals surface area contributed by atoms with Gasteiger partial charge in [0.1, 0.15) is 17.2 Å². The second-order valence-electron chi connectivity index (χ2n) is 6.06. The Hall–Kier alpha value is -1.95. The van der Waals surface area contributed by atoms with Crippen molar-refractivity contribution < 1.29 is 13.5 Å². The van der Waals surface area contributed by atoms with Gasteiger partial charge in [0, 0.05) is 28.0 Å². The summed E-state index contributed by atoms with van der Waals surface area (Å²) in [5, 5.41) is 6.86. The number of benzene rings is 1. The van der Waals surface area contributed by atoms with Gasteiger partial charge in [0.05, 0.1) is 5.75 Å². The highest BCUT2D eigenvalue weighted by Gasteiger charge is 2.20. The van der Waals surface area contributed by atoms with E-state index in [1.807, 2.05) is 51.1 Å². The molecule has 23 heavy (non-hydrogen) atoms. The lowest BCUT2D eigenvalue weighted by atomic mass is 10.0. The van der Waals surface area contributed by atoms with Crippen LogP contribution in [-0.4, -0.2) is 26.6 Å². The van der Waals surface area contributed by atoms with Crippen molar-refractivity contribution in [2.45, 2.75) is 38.5 Å². The summed E-state index contributed by atoms with van der Waals surface area (Å²) in [7, 11) is -1.33. The van der Waals surface area contributed by atoms with Gasteiger partial charge in [-0.1, -0.05) is 42.4 Å². The van der Waals surface area contributed by atoms with E-state index < -0.39 is 10.8 Å². The van der Waals surface area contributed by atoms with Gasteiger partial charge in [-0.25, -0.2) is 0 Å². The molecule has 0 saturated carbocycles. The summed E-state index contributed by atoms with van der Waals surface area (Å²) in [6, 6.07) is 11.4. The summed E-state index contributed by atoms with van der Waals surface area (Å²) in [5.41, 5.74) is 1.36. The van der Waals surface area contributed by atoms with Crippen LogP contribution in [-0.2, 0) is 21.3 Å². The van der Waals surface area contributed by atoms with E-state index in [-0.39, 0.29) is 23.0 Å². The van der Waals surface area contributed by atoms with Crippen LogP contribution in [0, 0.1) is 0 Å². The first-order valence-electron chi connectivity index (χ1n) is 7.56. The Labute approximate surface area is 138 Å². The van der Waals surface area contributed by atoms with E-state index >= 15 is 0 Å². The van der Waals surface area contributed by atoms with Crippen molar-refractivity contribution >= 4 is 16.7 Å². The van der Waals surface area contributed by atoms with Gasteiger partial charge >= 0.3 is 0 Å². The average Bonchev–Trinajstić information content (AvgIpc) is 2.95. The standard InChI is InChI=1S/C17H22N2O3S/c1-4-17(2,3)18-16(20)12-23(21)11-14-10-15(19-22-14)13-8-6-5-7-9-13/h5-10H,4,11-12H2,1-3H3,(H,18,20)/t23-/m1/s1. The molecule has 0 aliphatic carbocycles. The molecule has 0 radical (unpaired) electrons. The minimum Gasteiger partial charge on any atom is -0.360 e. The Morgan fingerprint density at radius 2 is 2.00 bits per heavy atom. The SMILES string of the molecule is CCC(C)(C)NC(=O)C[S@](=O)Cc1cc(-c2ccccc2)no1. The maximum atomic E-state index is 12.1. The molecule has 1 atom stereocenters. The second kappa shape index (κ2) is 7.55. The number of hydrogen-bond donors (Lipinski definition) is 1. The molecule has 124 valence electrons. The van der Waals surface area contributed by atoms with Crippen LogP contribution >= 0.6 is 0 Å². The first-order valence-corrected chi connectivity index (χ1v) is 9.05. The van der Waals surface area contributed by atoms with Crippen LogP contribution in [0.5, 0.6) is 0 Å². The quantitative estimate of drug-likeness (QED) is 0.845. The number of nitrogens with zero attached hydrogens (tertiary/aromatic N) is 1. The van der Waals surface area contributed by atoms with Crippen LogP contribution in [0.2, 0.25) is 0 Å². The van der Waals surface area contributed by atoms with E-state index in [0.29, 0.717) is 11.5 Å². The molecule has 5 nitrogen and oxygen atoms in total. The van der Waals surface area contributed by atoms with Gasteiger partial charge in [-0.05, 0) is 20.3 Å². The predicted molar refractivity (Wildman–Crippen MR) is 91.2 cm³/mol. The molecule has 1 aromatic heterocycles. The van der Waals surface area contributed by atoms with Crippen molar-refractivity contribution in [3.05, 3.63) is 42.2 Å². The summed E-state index contributed by atoms with van der Waals surface area (Å²) >= 11 is 0. The highest BCUT2D eigenvalue weighted by atomic mass is 32.2. The van der Waals surface area contributed by atoms with Crippen LogP contribution in [0.25, 0.3) is 11.3 Å². The van der Waals surface area contributed by atoms with E-state index in [1.165, 1.54) is 0 Å². The van der Waals surface area contributed by atoms with E-state index in [2.05, 4.69) is 10.5 Å². The number of aromatic nitrogens is 1. The summed E-state index contributed by atoms with van der Waals surface area (Å²) in [5.74, 6) is 0.452. The molecule has 0 spiro atoms. The molecule has 2 rings (SSSR count). The molecule has 1 amide bonds. The van der Waals surface area contributed by atoms with Crippen LogP contribution in [0.1, 0.15) is 33.0 Å². The number of hydrogen-bond acceptors (Lipinski definition) is 4. The lowest BCUT2D eigenvalue weighted by molar-refractivity contribution is -0.120. The highest BCUT2D eigenvalue weighted by molar-refractivity contribution is 7.84. The van der Waals surface area contributed by atoms with E-state index in [9.17, 15) is 9.00 Å². The highest BCUT2D eigenvalue weighted by Crippen LogP contribution is 2.19. The smallest absolute Gasteiger partial charge is 0.233 e. The molecule has 1 N–H and O–H groups in total. The Kier molecular flexibility index (Phi) is 5.71.